The van der Waals surface area contributed by atoms with Gasteiger partial charge in [-0.15, -0.1) is 11.3 Å². The van der Waals surface area contributed by atoms with E-state index in [0.29, 0.717) is 6.42 Å². The molecule has 1 saturated heterocycles. The zero-order valence-corrected chi connectivity index (χ0v) is 18.4. The summed E-state index contributed by atoms with van der Waals surface area (Å²) in [7, 11) is 2.16. The molecule has 1 aliphatic carbocycles. The number of aromatic nitrogens is 2. The van der Waals surface area contributed by atoms with Crippen molar-refractivity contribution in [2.24, 2.45) is 0 Å². The van der Waals surface area contributed by atoms with Gasteiger partial charge in [0.05, 0.1) is 5.39 Å². The summed E-state index contributed by atoms with van der Waals surface area (Å²) in [6.07, 6.45) is 7.15. The molecule has 0 amide bonds. The van der Waals surface area contributed by atoms with Crippen molar-refractivity contribution in [2.75, 3.05) is 20.1 Å². The normalized spacial score (nSPS) is 18.3. The lowest BCUT2D eigenvalue weighted by Crippen LogP contribution is -2.37. The third-order valence-corrected chi connectivity index (χ3v) is 7.82. The minimum Gasteiger partial charge on any atom is -0.306 e. The van der Waals surface area contributed by atoms with E-state index in [2.05, 4.69) is 18.0 Å². The highest BCUT2D eigenvalue weighted by molar-refractivity contribution is 7.18. The van der Waals surface area contributed by atoms with E-state index in [9.17, 15) is 4.79 Å². The average molecular weight is 428 g/mol. The summed E-state index contributed by atoms with van der Waals surface area (Å²) in [5.41, 5.74) is 2.57. The van der Waals surface area contributed by atoms with Gasteiger partial charge in [-0.1, -0.05) is 23.7 Å². The number of nitrogens with zero attached hydrogens (tertiary/aromatic N) is 3. The average Bonchev–Trinajstić information content (AvgIpc) is 3.08. The van der Waals surface area contributed by atoms with Gasteiger partial charge in [0.25, 0.3) is 5.56 Å². The van der Waals surface area contributed by atoms with Crippen molar-refractivity contribution in [3.63, 3.8) is 0 Å². The van der Waals surface area contributed by atoms with Gasteiger partial charge in [0.2, 0.25) is 0 Å². The number of halogens is 1. The Balaban J connectivity index is 1.67. The predicted molar refractivity (Wildman–Crippen MR) is 121 cm³/mol. The number of fused-ring (bicyclic) bond motifs is 3. The highest BCUT2D eigenvalue weighted by atomic mass is 35.5. The molecule has 2 aliphatic rings. The Kier molecular flexibility index (Phi) is 5.23. The summed E-state index contributed by atoms with van der Waals surface area (Å²) in [5.74, 6) is 0.887. The predicted octanol–water partition coefficient (Wildman–Crippen LogP) is 4.85. The molecule has 3 aromatic rings. The van der Waals surface area contributed by atoms with Crippen molar-refractivity contribution in [1.29, 1.82) is 0 Å². The van der Waals surface area contributed by atoms with Crippen LogP contribution in [0.4, 0.5) is 0 Å². The van der Waals surface area contributed by atoms with Crippen molar-refractivity contribution in [3.05, 3.63) is 61.5 Å². The molecule has 0 bridgehead atoms. The van der Waals surface area contributed by atoms with Gasteiger partial charge < -0.3 is 4.90 Å². The number of benzene rings is 1. The molecule has 29 heavy (non-hydrogen) atoms. The third kappa shape index (κ3) is 3.65. The van der Waals surface area contributed by atoms with Crippen LogP contribution in [0.1, 0.15) is 53.6 Å². The lowest BCUT2D eigenvalue weighted by atomic mass is 9.97. The molecule has 0 spiro atoms. The van der Waals surface area contributed by atoms with E-state index in [1.807, 2.05) is 22.8 Å². The van der Waals surface area contributed by atoms with Crippen LogP contribution in [-0.2, 0) is 19.3 Å². The van der Waals surface area contributed by atoms with Gasteiger partial charge in [0, 0.05) is 22.4 Å². The third-order valence-electron chi connectivity index (χ3n) is 6.40. The lowest BCUT2D eigenvalue weighted by molar-refractivity contribution is 0.216. The van der Waals surface area contributed by atoms with Crippen LogP contribution in [0.3, 0.4) is 0 Å². The summed E-state index contributed by atoms with van der Waals surface area (Å²) >= 11 is 7.96. The number of hydrogen-bond acceptors (Lipinski definition) is 4. The maximum absolute atomic E-state index is 13.8. The monoisotopic (exact) mass is 427 g/mol. The number of piperidine rings is 1. The number of likely N-dealkylation sites (tertiary alicyclic amines) is 1. The molecule has 3 heterocycles. The van der Waals surface area contributed by atoms with Gasteiger partial charge in [-0.05, 0) is 81.9 Å². The fourth-order valence-corrected chi connectivity index (χ4v) is 6.33. The quantitative estimate of drug-likeness (QED) is 0.599. The zero-order valence-electron chi connectivity index (χ0n) is 16.8. The molecule has 1 fully saturated rings. The molecule has 6 heteroatoms. The Labute approximate surface area is 180 Å². The second-order valence-corrected chi connectivity index (χ2v) is 9.96. The fraction of sp³-hybridized carbons (Fsp3) is 0.478. The van der Waals surface area contributed by atoms with Crippen molar-refractivity contribution in [2.45, 2.75) is 51.0 Å². The van der Waals surface area contributed by atoms with Crippen LogP contribution in [-0.4, -0.2) is 34.6 Å². The van der Waals surface area contributed by atoms with Gasteiger partial charge in [0.15, 0.2) is 0 Å². The molecule has 152 valence electrons. The molecule has 0 saturated carbocycles. The molecule has 1 aromatic carbocycles. The molecule has 1 aliphatic heterocycles. The first kappa shape index (κ1) is 19.3. The molecule has 4 nitrogen and oxygen atoms in total. The van der Waals surface area contributed by atoms with Crippen molar-refractivity contribution >= 4 is 33.2 Å². The lowest BCUT2D eigenvalue weighted by Gasteiger charge is -2.31. The van der Waals surface area contributed by atoms with E-state index in [0.717, 1.165) is 65.4 Å². The number of rotatable bonds is 3. The minimum atomic E-state index is 0.181. The second kappa shape index (κ2) is 7.86. The first-order chi connectivity index (χ1) is 14.1. The molecular weight excluding hydrogens is 402 g/mol. The van der Waals surface area contributed by atoms with E-state index < -0.39 is 0 Å². The Morgan fingerprint density at radius 2 is 2.00 bits per heavy atom. The van der Waals surface area contributed by atoms with Gasteiger partial charge >= 0.3 is 0 Å². The SMILES string of the molecule is CN1CCC(n2c(Cc3cccc(Cl)c3)nc3sc4c(c3c2=O)CCCC4)CC1. The van der Waals surface area contributed by atoms with E-state index in [-0.39, 0.29) is 11.6 Å². The maximum atomic E-state index is 13.8. The fourth-order valence-electron chi connectivity index (χ4n) is 4.84. The van der Waals surface area contributed by atoms with Crippen molar-refractivity contribution in [3.8, 4) is 0 Å². The molecule has 0 unspecified atom stereocenters. The summed E-state index contributed by atoms with van der Waals surface area (Å²) in [6.45, 7) is 2.04. The Morgan fingerprint density at radius 3 is 2.79 bits per heavy atom. The highest BCUT2D eigenvalue weighted by Gasteiger charge is 2.27. The summed E-state index contributed by atoms with van der Waals surface area (Å²) < 4.78 is 2.04. The van der Waals surface area contributed by atoms with Gasteiger partial charge in [-0.3, -0.25) is 9.36 Å². The minimum absolute atomic E-state index is 0.181. The van der Waals surface area contributed by atoms with E-state index >= 15 is 0 Å². The van der Waals surface area contributed by atoms with Crippen LogP contribution in [0.5, 0.6) is 0 Å². The Morgan fingerprint density at radius 1 is 1.21 bits per heavy atom. The standard InChI is InChI=1S/C23H26ClN3OS/c1-26-11-9-17(10-12-26)27-20(14-15-5-4-6-16(24)13-15)25-22-21(23(27)28)18-7-2-3-8-19(18)29-22/h4-6,13,17H,2-3,7-12,14H2,1H3. The molecule has 0 N–H and O–H groups in total. The summed E-state index contributed by atoms with van der Waals surface area (Å²) in [6, 6.07) is 8.14. The molecule has 5 rings (SSSR count). The number of aryl methyl sites for hydroxylation is 2. The van der Waals surface area contributed by atoms with Crippen LogP contribution in [0.15, 0.2) is 29.1 Å². The van der Waals surface area contributed by atoms with Crippen molar-refractivity contribution in [1.82, 2.24) is 14.5 Å². The topological polar surface area (TPSA) is 38.1 Å². The van der Waals surface area contributed by atoms with Crippen LogP contribution in [0, 0.1) is 0 Å². The van der Waals surface area contributed by atoms with E-state index in [1.54, 1.807) is 11.3 Å². The highest BCUT2D eigenvalue weighted by Crippen LogP contribution is 2.35. The van der Waals surface area contributed by atoms with E-state index in [1.165, 1.54) is 23.3 Å². The van der Waals surface area contributed by atoms with Crippen LogP contribution in [0.2, 0.25) is 5.02 Å². The molecule has 2 aromatic heterocycles. The number of hydrogen-bond donors (Lipinski definition) is 0. The molecule has 0 radical (unpaired) electrons. The molecule has 0 atom stereocenters. The van der Waals surface area contributed by atoms with Crippen LogP contribution < -0.4 is 5.56 Å². The van der Waals surface area contributed by atoms with Crippen LogP contribution in [0.25, 0.3) is 10.2 Å². The maximum Gasteiger partial charge on any atom is 0.262 e. The Bertz CT molecular complexity index is 1110. The largest absolute Gasteiger partial charge is 0.306 e. The second-order valence-electron chi connectivity index (χ2n) is 8.44. The van der Waals surface area contributed by atoms with Crippen LogP contribution >= 0.6 is 22.9 Å². The van der Waals surface area contributed by atoms with Gasteiger partial charge in [-0.2, -0.15) is 0 Å². The van der Waals surface area contributed by atoms with Gasteiger partial charge in [0.1, 0.15) is 10.7 Å². The van der Waals surface area contributed by atoms with Gasteiger partial charge in [-0.25, -0.2) is 4.98 Å². The number of thiophene rings is 1. The molecular formula is C23H26ClN3OS. The van der Waals surface area contributed by atoms with E-state index in [4.69, 9.17) is 16.6 Å². The van der Waals surface area contributed by atoms with Crippen molar-refractivity contribution < 1.29 is 0 Å². The first-order valence-corrected chi connectivity index (χ1v) is 11.8. The Hall–Kier alpha value is -1.69. The first-order valence-electron chi connectivity index (χ1n) is 10.6. The smallest absolute Gasteiger partial charge is 0.262 e. The summed E-state index contributed by atoms with van der Waals surface area (Å²) in [4.78, 5) is 23.6. The zero-order chi connectivity index (χ0) is 20.0. The summed E-state index contributed by atoms with van der Waals surface area (Å²) in [5, 5.41) is 1.63.